The predicted molar refractivity (Wildman–Crippen MR) is 67.8 cm³/mol. The number of nitriles is 1. The van der Waals surface area contributed by atoms with Crippen LogP contribution in [0.5, 0.6) is 0 Å². The third kappa shape index (κ3) is 9.33. The Labute approximate surface area is 99.6 Å². The van der Waals surface area contributed by atoms with E-state index in [4.69, 9.17) is 10.00 Å². The minimum absolute atomic E-state index is 0.696. The summed E-state index contributed by atoms with van der Waals surface area (Å²) in [6, 6.07) is 2.16. The van der Waals surface area contributed by atoms with Gasteiger partial charge in [-0.3, -0.25) is 0 Å². The first-order chi connectivity index (χ1) is 7.68. The first-order valence-electron chi connectivity index (χ1n) is 6.03. The Kier molecular flexibility index (Phi) is 9.50. The van der Waals surface area contributed by atoms with E-state index in [1.807, 2.05) is 6.92 Å². The Hall–Kier alpha value is -1.23. The van der Waals surface area contributed by atoms with Gasteiger partial charge < -0.3 is 4.74 Å². The molecule has 0 aliphatic heterocycles. The van der Waals surface area contributed by atoms with Crippen molar-refractivity contribution in [2.75, 3.05) is 6.61 Å². The van der Waals surface area contributed by atoms with E-state index in [0.717, 1.165) is 25.0 Å². The zero-order chi connectivity index (χ0) is 12.2. The summed E-state index contributed by atoms with van der Waals surface area (Å²) in [5.74, 6) is 0.703. The standard InChI is InChI=1S/C14H23NO/c1-13(2)14(3)16-12-10-8-6-4-5-7-9-11-15/h1,3-10,12H2,2H3. The molecule has 0 unspecified atom stereocenters. The Bertz CT molecular complexity index is 250. The molecule has 0 N–H and O–H groups in total. The third-order valence-electron chi connectivity index (χ3n) is 2.44. The number of unbranched alkanes of at least 4 members (excludes halogenated alkanes) is 6. The summed E-state index contributed by atoms with van der Waals surface area (Å²) < 4.78 is 5.41. The fourth-order valence-corrected chi connectivity index (χ4v) is 1.33. The monoisotopic (exact) mass is 221 g/mol. The van der Waals surface area contributed by atoms with Crippen molar-refractivity contribution in [2.24, 2.45) is 0 Å². The highest BCUT2D eigenvalue weighted by Gasteiger charge is 1.95. The number of rotatable bonds is 10. The van der Waals surface area contributed by atoms with Gasteiger partial charge in [0.25, 0.3) is 0 Å². The molecule has 0 saturated carbocycles. The molecule has 0 aliphatic rings. The lowest BCUT2D eigenvalue weighted by Crippen LogP contribution is -1.94. The van der Waals surface area contributed by atoms with Gasteiger partial charge in [-0.1, -0.05) is 38.8 Å². The molecule has 16 heavy (non-hydrogen) atoms. The van der Waals surface area contributed by atoms with Gasteiger partial charge in [-0.25, -0.2) is 0 Å². The Balaban J connectivity index is 3.13. The van der Waals surface area contributed by atoms with Crippen molar-refractivity contribution in [3.8, 4) is 6.07 Å². The second kappa shape index (κ2) is 10.3. The van der Waals surface area contributed by atoms with Crippen LogP contribution in [0.25, 0.3) is 0 Å². The highest BCUT2D eigenvalue weighted by Crippen LogP contribution is 2.09. The van der Waals surface area contributed by atoms with Crippen LogP contribution in [0.1, 0.15) is 51.9 Å². The van der Waals surface area contributed by atoms with Crippen LogP contribution in [-0.2, 0) is 4.74 Å². The van der Waals surface area contributed by atoms with Gasteiger partial charge in [0.2, 0.25) is 0 Å². The third-order valence-corrected chi connectivity index (χ3v) is 2.44. The molecule has 0 atom stereocenters. The maximum atomic E-state index is 8.35. The summed E-state index contributed by atoms with van der Waals surface area (Å²) in [4.78, 5) is 0. The van der Waals surface area contributed by atoms with Crippen LogP contribution in [0, 0.1) is 11.3 Å². The molecule has 2 heteroatoms. The van der Waals surface area contributed by atoms with Crippen LogP contribution in [0.2, 0.25) is 0 Å². The van der Waals surface area contributed by atoms with E-state index in [2.05, 4.69) is 19.2 Å². The van der Waals surface area contributed by atoms with Crippen LogP contribution in [-0.4, -0.2) is 6.61 Å². The van der Waals surface area contributed by atoms with Gasteiger partial charge in [0.15, 0.2) is 0 Å². The lowest BCUT2D eigenvalue weighted by Gasteiger charge is -2.08. The van der Waals surface area contributed by atoms with Crippen LogP contribution in [0.4, 0.5) is 0 Å². The molecule has 0 saturated heterocycles. The van der Waals surface area contributed by atoms with Crippen molar-refractivity contribution < 1.29 is 4.74 Å². The molecular formula is C14H23NO. The molecule has 0 heterocycles. The van der Waals surface area contributed by atoms with Crippen molar-refractivity contribution >= 4 is 0 Å². The second-order valence-electron chi connectivity index (χ2n) is 4.08. The van der Waals surface area contributed by atoms with Gasteiger partial charge in [0.05, 0.1) is 12.7 Å². The van der Waals surface area contributed by atoms with E-state index >= 15 is 0 Å². The molecular weight excluding hydrogens is 198 g/mol. The molecule has 0 bridgehead atoms. The van der Waals surface area contributed by atoms with Crippen molar-refractivity contribution in [1.82, 2.24) is 0 Å². The minimum atomic E-state index is 0.696. The number of nitrogens with zero attached hydrogens (tertiary/aromatic N) is 1. The SMILES string of the molecule is C=C(C)C(=C)OCCCCCCCCC#N. The Morgan fingerprint density at radius 1 is 1.06 bits per heavy atom. The van der Waals surface area contributed by atoms with E-state index in [0.29, 0.717) is 12.2 Å². The lowest BCUT2D eigenvalue weighted by atomic mass is 10.1. The van der Waals surface area contributed by atoms with Crippen molar-refractivity contribution in [3.63, 3.8) is 0 Å². The highest BCUT2D eigenvalue weighted by molar-refractivity contribution is 5.15. The number of allylic oxidation sites excluding steroid dienone is 1. The summed E-state index contributed by atoms with van der Waals surface area (Å²) >= 11 is 0. The summed E-state index contributed by atoms with van der Waals surface area (Å²) in [5, 5.41) is 8.35. The molecule has 0 radical (unpaired) electrons. The van der Waals surface area contributed by atoms with Crippen molar-refractivity contribution in [2.45, 2.75) is 51.9 Å². The van der Waals surface area contributed by atoms with Crippen molar-refractivity contribution in [1.29, 1.82) is 5.26 Å². The molecule has 0 aliphatic carbocycles. The first kappa shape index (κ1) is 14.8. The minimum Gasteiger partial charge on any atom is -0.494 e. The highest BCUT2D eigenvalue weighted by atomic mass is 16.5. The number of hydrogen-bond acceptors (Lipinski definition) is 2. The van der Waals surface area contributed by atoms with Gasteiger partial charge in [-0.2, -0.15) is 5.26 Å². The molecule has 0 aromatic rings. The average molecular weight is 221 g/mol. The largest absolute Gasteiger partial charge is 0.494 e. The smallest absolute Gasteiger partial charge is 0.114 e. The predicted octanol–water partition coefficient (Wildman–Crippen LogP) is 4.35. The molecule has 0 aromatic heterocycles. The average Bonchev–Trinajstić information content (AvgIpc) is 2.26. The molecule has 0 aromatic carbocycles. The summed E-state index contributed by atoms with van der Waals surface area (Å²) in [7, 11) is 0. The van der Waals surface area contributed by atoms with E-state index in [-0.39, 0.29) is 0 Å². The summed E-state index contributed by atoms with van der Waals surface area (Å²) in [6.07, 6.45) is 7.63. The number of hydrogen-bond donors (Lipinski definition) is 0. The van der Waals surface area contributed by atoms with E-state index in [1.165, 1.54) is 25.7 Å². The Morgan fingerprint density at radius 2 is 1.62 bits per heavy atom. The van der Waals surface area contributed by atoms with Crippen LogP contribution < -0.4 is 0 Å². The summed E-state index contributed by atoms with van der Waals surface area (Å²) in [6.45, 7) is 10.2. The quantitative estimate of drug-likeness (QED) is 0.312. The number of ether oxygens (including phenoxy) is 1. The molecule has 2 nitrogen and oxygen atoms in total. The molecule has 90 valence electrons. The van der Waals surface area contributed by atoms with E-state index < -0.39 is 0 Å². The zero-order valence-corrected chi connectivity index (χ0v) is 10.4. The molecule has 0 amide bonds. The van der Waals surface area contributed by atoms with Gasteiger partial charge >= 0.3 is 0 Å². The topological polar surface area (TPSA) is 33.0 Å². The van der Waals surface area contributed by atoms with Crippen LogP contribution in [0.15, 0.2) is 24.5 Å². The van der Waals surface area contributed by atoms with Crippen LogP contribution >= 0.6 is 0 Å². The zero-order valence-electron chi connectivity index (χ0n) is 10.4. The van der Waals surface area contributed by atoms with Gasteiger partial charge in [-0.05, 0) is 25.3 Å². The molecule has 0 fully saturated rings. The molecule has 0 spiro atoms. The van der Waals surface area contributed by atoms with E-state index in [9.17, 15) is 0 Å². The van der Waals surface area contributed by atoms with E-state index in [1.54, 1.807) is 0 Å². The fraction of sp³-hybridized carbons (Fsp3) is 0.643. The maximum Gasteiger partial charge on any atom is 0.114 e. The fourth-order valence-electron chi connectivity index (χ4n) is 1.33. The summed E-state index contributed by atoms with van der Waals surface area (Å²) in [5.41, 5.74) is 0.900. The van der Waals surface area contributed by atoms with Gasteiger partial charge in [-0.15, -0.1) is 0 Å². The maximum absolute atomic E-state index is 8.35. The van der Waals surface area contributed by atoms with Gasteiger partial charge in [0.1, 0.15) is 5.76 Å². The second-order valence-corrected chi connectivity index (χ2v) is 4.08. The Morgan fingerprint density at radius 3 is 2.19 bits per heavy atom. The first-order valence-corrected chi connectivity index (χ1v) is 6.03. The van der Waals surface area contributed by atoms with Crippen molar-refractivity contribution in [3.05, 3.63) is 24.5 Å². The van der Waals surface area contributed by atoms with Gasteiger partial charge in [0, 0.05) is 6.42 Å². The lowest BCUT2D eigenvalue weighted by molar-refractivity contribution is 0.214. The normalized spacial score (nSPS) is 9.50. The van der Waals surface area contributed by atoms with Crippen LogP contribution in [0.3, 0.4) is 0 Å². The molecule has 0 rings (SSSR count).